The highest BCUT2D eigenvalue weighted by Gasteiger charge is 2.28. The number of sulfonamides is 1. The zero-order valence-corrected chi connectivity index (χ0v) is 13.7. The molecule has 2 aliphatic rings. The van der Waals surface area contributed by atoms with Crippen molar-refractivity contribution in [2.75, 3.05) is 19.6 Å². The molecule has 3 rings (SSSR count). The molecular formula is C14H20ClN3O3S. The molecule has 122 valence electrons. The number of benzene rings is 1. The molecule has 1 saturated carbocycles. The standard InChI is InChI=1S/C14H19N3O3S.ClH/c18-14(16-9-10-7-15-8-10)11-2-1-3-13(6-11)21(19,20)17-12-4-5-12;/h1-3,6,10,12,15,17H,4-5,7-9H2,(H,16,18);1H. The molecule has 1 aromatic rings. The van der Waals surface area contributed by atoms with Crippen molar-refractivity contribution in [2.45, 2.75) is 23.8 Å². The number of carbonyl (C=O) groups excluding carboxylic acids is 1. The molecule has 1 heterocycles. The molecule has 1 aliphatic carbocycles. The van der Waals surface area contributed by atoms with Gasteiger partial charge in [-0.25, -0.2) is 13.1 Å². The van der Waals surface area contributed by atoms with Crippen LogP contribution in [0.15, 0.2) is 29.2 Å². The van der Waals surface area contributed by atoms with Crippen molar-refractivity contribution in [3.63, 3.8) is 0 Å². The first-order chi connectivity index (χ1) is 10.0. The monoisotopic (exact) mass is 345 g/mol. The summed E-state index contributed by atoms with van der Waals surface area (Å²) >= 11 is 0. The third-order valence-corrected chi connectivity index (χ3v) is 5.24. The van der Waals surface area contributed by atoms with Crippen molar-refractivity contribution in [3.8, 4) is 0 Å². The van der Waals surface area contributed by atoms with Gasteiger partial charge in [0, 0.05) is 37.2 Å². The normalized spacial score (nSPS) is 18.2. The predicted molar refractivity (Wildman–Crippen MR) is 85.7 cm³/mol. The van der Waals surface area contributed by atoms with E-state index < -0.39 is 10.0 Å². The van der Waals surface area contributed by atoms with Gasteiger partial charge >= 0.3 is 0 Å². The molecule has 1 aliphatic heterocycles. The molecule has 22 heavy (non-hydrogen) atoms. The third-order valence-electron chi connectivity index (χ3n) is 3.72. The summed E-state index contributed by atoms with van der Waals surface area (Å²) in [5.74, 6) is 0.239. The van der Waals surface area contributed by atoms with Gasteiger partial charge in [0.25, 0.3) is 5.91 Å². The SMILES string of the molecule is Cl.O=C(NCC1CNC1)c1cccc(S(=O)(=O)NC2CC2)c1. The van der Waals surface area contributed by atoms with Crippen LogP contribution in [-0.4, -0.2) is 40.0 Å². The lowest BCUT2D eigenvalue weighted by Gasteiger charge is -2.27. The number of amides is 1. The van der Waals surface area contributed by atoms with Crippen molar-refractivity contribution in [1.29, 1.82) is 0 Å². The predicted octanol–water partition coefficient (Wildman–Crippen LogP) is 0.498. The Hall–Kier alpha value is -1.15. The Bertz CT molecular complexity index is 642. The molecule has 0 bridgehead atoms. The van der Waals surface area contributed by atoms with Crippen molar-refractivity contribution in [1.82, 2.24) is 15.4 Å². The maximum Gasteiger partial charge on any atom is 0.251 e. The first-order valence-corrected chi connectivity index (χ1v) is 8.64. The molecule has 0 radical (unpaired) electrons. The van der Waals surface area contributed by atoms with E-state index in [0.29, 0.717) is 18.0 Å². The summed E-state index contributed by atoms with van der Waals surface area (Å²) in [5.41, 5.74) is 0.376. The maximum atomic E-state index is 12.1. The summed E-state index contributed by atoms with van der Waals surface area (Å²) in [5, 5.41) is 5.98. The topological polar surface area (TPSA) is 87.3 Å². The molecule has 0 atom stereocenters. The maximum absolute atomic E-state index is 12.1. The summed E-state index contributed by atoms with van der Waals surface area (Å²) in [7, 11) is -3.52. The van der Waals surface area contributed by atoms with E-state index in [0.717, 1.165) is 25.9 Å². The molecule has 1 amide bonds. The molecule has 0 aromatic heterocycles. The second kappa shape index (κ2) is 6.95. The van der Waals surface area contributed by atoms with E-state index in [9.17, 15) is 13.2 Å². The lowest BCUT2D eigenvalue weighted by Crippen LogP contribution is -2.48. The minimum atomic E-state index is -3.52. The van der Waals surface area contributed by atoms with Gasteiger partial charge in [0.05, 0.1) is 4.90 Å². The number of rotatable bonds is 6. The summed E-state index contributed by atoms with van der Waals surface area (Å²) in [6.45, 7) is 2.45. The van der Waals surface area contributed by atoms with Gasteiger partial charge in [-0.2, -0.15) is 0 Å². The Morgan fingerprint density at radius 3 is 2.59 bits per heavy atom. The van der Waals surface area contributed by atoms with Gasteiger partial charge in [-0.05, 0) is 31.0 Å². The molecule has 2 fully saturated rings. The summed E-state index contributed by atoms with van der Waals surface area (Å²) < 4.78 is 26.9. The van der Waals surface area contributed by atoms with E-state index >= 15 is 0 Å². The number of hydrogen-bond acceptors (Lipinski definition) is 4. The quantitative estimate of drug-likeness (QED) is 0.700. The van der Waals surface area contributed by atoms with Gasteiger partial charge in [-0.15, -0.1) is 12.4 Å². The fraction of sp³-hybridized carbons (Fsp3) is 0.500. The zero-order valence-electron chi connectivity index (χ0n) is 12.0. The minimum absolute atomic E-state index is 0. The van der Waals surface area contributed by atoms with Gasteiger partial charge in [-0.1, -0.05) is 6.07 Å². The van der Waals surface area contributed by atoms with Crippen LogP contribution < -0.4 is 15.4 Å². The number of nitrogens with one attached hydrogen (secondary N) is 3. The van der Waals surface area contributed by atoms with Crippen LogP contribution in [0.1, 0.15) is 23.2 Å². The van der Waals surface area contributed by atoms with Crippen LogP contribution in [0.2, 0.25) is 0 Å². The average molecular weight is 346 g/mol. The van der Waals surface area contributed by atoms with Gasteiger partial charge < -0.3 is 10.6 Å². The van der Waals surface area contributed by atoms with E-state index in [-0.39, 0.29) is 29.3 Å². The van der Waals surface area contributed by atoms with Crippen LogP contribution in [0.3, 0.4) is 0 Å². The molecule has 6 nitrogen and oxygen atoms in total. The first kappa shape index (κ1) is 17.2. The Morgan fingerprint density at radius 1 is 1.27 bits per heavy atom. The Balaban J connectivity index is 0.00000176. The number of halogens is 1. The van der Waals surface area contributed by atoms with E-state index in [1.54, 1.807) is 12.1 Å². The average Bonchev–Trinajstić information content (AvgIpc) is 3.20. The van der Waals surface area contributed by atoms with Gasteiger partial charge in [0.2, 0.25) is 10.0 Å². The Labute approximate surface area is 136 Å². The van der Waals surface area contributed by atoms with E-state index in [2.05, 4.69) is 15.4 Å². The fourth-order valence-electron chi connectivity index (χ4n) is 2.13. The molecule has 1 aromatic carbocycles. The lowest BCUT2D eigenvalue weighted by atomic mass is 10.0. The molecular weight excluding hydrogens is 326 g/mol. The van der Waals surface area contributed by atoms with Crippen molar-refractivity contribution >= 4 is 28.3 Å². The van der Waals surface area contributed by atoms with Crippen LogP contribution in [-0.2, 0) is 10.0 Å². The second-order valence-electron chi connectivity index (χ2n) is 5.66. The molecule has 1 saturated heterocycles. The molecule has 8 heteroatoms. The molecule has 0 unspecified atom stereocenters. The van der Waals surface area contributed by atoms with E-state index in [1.807, 2.05) is 0 Å². The van der Waals surface area contributed by atoms with Crippen molar-refractivity contribution < 1.29 is 13.2 Å². The number of carbonyl (C=O) groups is 1. The molecule has 0 spiro atoms. The largest absolute Gasteiger partial charge is 0.352 e. The highest BCUT2D eigenvalue weighted by atomic mass is 35.5. The van der Waals surface area contributed by atoms with Crippen LogP contribution >= 0.6 is 12.4 Å². The number of hydrogen-bond donors (Lipinski definition) is 3. The lowest BCUT2D eigenvalue weighted by molar-refractivity contribution is 0.0942. The summed E-state index contributed by atoms with van der Waals surface area (Å²) in [6.07, 6.45) is 1.77. The molecule has 3 N–H and O–H groups in total. The highest BCUT2D eigenvalue weighted by Crippen LogP contribution is 2.22. The van der Waals surface area contributed by atoms with Gasteiger partial charge in [0.15, 0.2) is 0 Å². The van der Waals surface area contributed by atoms with Gasteiger partial charge in [0.1, 0.15) is 0 Å². The first-order valence-electron chi connectivity index (χ1n) is 7.16. The third kappa shape index (κ3) is 4.19. The summed E-state index contributed by atoms with van der Waals surface area (Å²) in [6, 6.07) is 6.22. The second-order valence-corrected chi connectivity index (χ2v) is 7.37. The van der Waals surface area contributed by atoms with Crippen molar-refractivity contribution in [3.05, 3.63) is 29.8 Å². The van der Waals surface area contributed by atoms with E-state index in [1.165, 1.54) is 12.1 Å². The summed E-state index contributed by atoms with van der Waals surface area (Å²) in [4.78, 5) is 12.2. The van der Waals surface area contributed by atoms with Crippen LogP contribution in [0.5, 0.6) is 0 Å². The fourth-order valence-corrected chi connectivity index (χ4v) is 3.48. The van der Waals surface area contributed by atoms with Crippen LogP contribution in [0, 0.1) is 5.92 Å². The van der Waals surface area contributed by atoms with E-state index in [4.69, 9.17) is 0 Å². The Morgan fingerprint density at radius 2 is 2.00 bits per heavy atom. The van der Waals surface area contributed by atoms with Gasteiger partial charge in [-0.3, -0.25) is 4.79 Å². The van der Waals surface area contributed by atoms with Crippen LogP contribution in [0.4, 0.5) is 0 Å². The van der Waals surface area contributed by atoms with Crippen molar-refractivity contribution in [2.24, 2.45) is 5.92 Å². The Kier molecular flexibility index (Phi) is 5.44. The van der Waals surface area contributed by atoms with Crippen LogP contribution in [0.25, 0.3) is 0 Å². The highest BCUT2D eigenvalue weighted by molar-refractivity contribution is 7.89. The minimum Gasteiger partial charge on any atom is -0.352 e. The zero-order chi connectivity index (χ0) is 14.9. The smallest absolute Gasteiger partial charge is 0.251 e.